The lowest BCUT2D eigenvalue weighted by Crippen LogP contribution is -2.12. The first-order valence-corrected chi connectivity index (χ1v) is 9.13. The molecule has 0 atom stereocenters. The zero-order valence-electron chi connectivity index (χ0n) is 16.4. The van der Waals surface area contributed by atoms with Gasteiger partial charge < -0.3 is 19.3 Å². The van der Waals surface area contributed by atoms with E-state index in [0.29, 0.717) is 16.9 Å². The summed E-state index contributed by atoms with van der Waals surface area (Å²) < 4.78 is 16.5. The van der Waals surface area contributed by atoms with Crippen molar-refractivity contribution in [3.05, 3.63) is 52.6 Å². The molecule has 0 aliphatic heterocycles. The van der Waals surface area contributed by atoms with Gasteiger partial charge in [-0.25, -0.2) is 4.79 Å². The van der Waals surface area contributed by atoms with Crippen LogP contribution < -0.4 is 9.47 Å². The van der Waals surface area contributed by atoms with Crippen LogP contribution in [0.1, 0.15) is 27.0 Å². The number of phenols is 1. The van der Waals surface area contributed by atoms with Crippen molar-refractivity contribution in [3.63, 3.8) is 0 Å². The van der Waals surface area contributed by atoms with E-state index in [9.17, 15) is 9.90 Å². The van der Waals surface area contributed by atoms with Gasteiger partial charge in [0, 0.05) is 27.5 Å². The van der Waals surface area contributed by atoms with Crippen LogP contribution in [0.3, 0.4) is 0 Å². The van der Waals surface area contributed by atoms with Gasteiger partial charge in [-0.3, -0.25) is 0 Å². The highest BCUT2D eigenvalue weighted by molar-refractivity contribution is 6.05. The van der Waals surface area contributed by atoms with Crippen LogP contribution >= 0.6 is 0 Å². The quantitative estimate of drug-likeness (QED) is 0.684. The number of methoxy groups -OCH3 is 3. The molecule has 0 amide bonds. The van der Waals surface area contributed by atoms with Crippen molar-refractivity contribution in [2.45, 2.75) is 19.8 Å². The van der Waals surface area contributed by atoms with Gasteiger partial charge in [-0.1, -0.05) is 30.3 Å². The highest BCUT2D eigenvalue weighted by atomic mass is 16.5. The number of aromatic hydroxyl groups is 1. The average Bonchev–Trinajstić information content (AvgIpc) is 2.71. The molecule has 1 aliphatic carbocycles. The number of carbonyl (C=O) groups excluding carboxylic acids is 1. The molecule has 1 aliphatic rings. The fraction of sp³-hybridized carbons (Fsp3) is 0.261. The first-order valence-electron chi connectivity index (χ1n) is 9.13. The van der Waals surface area contributed by atoms with Gasteiger partial charge in [0.05, 0.1) is 21.3 Å². The van der Waals surface area contributed by atoms with E-state index in [-0.39, 0.29) is 11.3 Å². The minimum atomic E-state index is -0.559. The number of fused-ring (bicyclic) bond motifs is 4. The fourth-order valence-electron chi connectivity index (χ4n) is 4.34. The zero-order valence-corrected chi connectivity index (χ0v) is 16.4. The molecule has 0 fully saturated rings. The predicted octanol–water partition coefficient (Wildman–Crippen LogP) is 4.42. The van der Waals surface area contributed by atoms with Gasteiger partial charge in [-0.2, -0.15) is 0 Å². The third-order valence-corrected chi connectivity index (χ3v) is 5.49. The predicted molar refractivity (Wildman–Crippen MR) is 108 cm³/mol. The number of phenolic OH excluding ortho intramolecular Hbond substituents is 1. The molecular weight excluding hydrogens is 356 g/mol. The highest BCUT2D eigenvalue weighted by Gasteiger charge is 2.31. The van der Waals surface area contributed by atoms with Crippen molar-refractivity contribution in [1.29, 1.82) is 0 Å². The molecule has 0 heterocycles. The van der Waals surface area contributed by atoms with Gasteiger partial charge in [-0.15, -0.1) is 0 Å². The summed E-state index contributed by atoms with van der Waals surface area (Å²) in [6.07, 6.45) is 1.49. The second kappa shape index (κ2) is 6.75. The molecule has 0 saturated carbocycles. The Balaban J connectivity index is 2.17. The SMILES string of the molecule is COC(=O)c1c(C)cc2c(c1O)-c1c(c(OC)c3ccccc3c1OC)CC2. The summed E-state index contributed by atoms with van der Waals surface area (Å²) in [7, 11) is 4.58. The van der Waals surface area contributed by atoms with Crippen molar-refractivity contribution in [2.75, 3.05) is 21.3 Å². The third-order valence-electron chi connectivity index (χ3n) is 5.49. The standard InChI is InChI=1S/C23H22O5/c1-12-11-13-9-10-16-19(18(13)20(24)17(12)23(25)28-4)22(27-3)15-8-6-5-7-14(15)21(16)26-2/h5-8,11,24H,9-10H2,1-4H3. The van der Waals surface area contributed by atoms with Gasteiger partial charge >= 0.3 is 5.97 Å². The van der Waals surface area contributed by atoms with Crippen molar-refractivity contribution in [3.8, 4) is 28.4 Å². The molecule has 5 heteroatoms. The molecule has 0 spiro atoms. The lowest BCUT2D eigenvalue weighted by Gasteiger charge is -2.27. The van der Waals surface area contributed by atoms with E-state index in [1.807, 2.05) is 30.3 Å². The van der Waals surface area contributed by atoms with Crippen LogP contribution in [-0.2, 0) is 17.6 Å². The smallest absolute Gasteiger partial charge is 0.341 e. The van der Waals surface area contributed by atoms with Gasteiger partial charge in [0.2, 0.25) is 0 Å². The van der Waals surface area contributed by atoms with E-state index >= 15 is 0 Å². The van der Waals surface area contributed by atoms with Crippen molar-refractivity contribution in [1.82, 2.24) is 0 Å². The lowest BCUT2D eigenvalue weighted by molar-refractivity contribution is 0.0596. The van der Waals surface area contributed by atoms with Crippen LogP contribution in [0.2, 0.25) is 0 Å². The molecule has 0 bridgehead atoms. The molecule has 4 rings (SSSR count). The number of rotatable bonds is 3. The van der Waals surface area contributed by atoms with Gasteiger partial charge in [0.25, 0.3) is 0 Å². The summed E-state index contributed by atoms with van der Waals surface area (Å²) in [5.41, 5.74) is 4.22. The van der Waals surface area contributed by atoms with Gasteiger partial charge in [0.1, 0.15) is 22.8 Å². The van der Waals surface area contributed by atoms with E-state index < -0.39 is 5.97 Å². The van der Waals surface area contributed by atoms with E-state index in [2.05, 4.69) is 0 Å². The Hall–Kier alpha value is -3.21. The first kappa shape index (κ1) is 18.2. The Bertz CT molecular complexity index is 1110. The Morgan fingerprint density at radius 1 is 0.964 bits per heavy atom. The fourth-order valence-corrected chi connectivity index (χ4v) is 4.34. The maximum Gasteiger partial charge on any atom is 0.341 e. The minimum absolute atomic E-state index is 0.0709. The van der Waals surface area contributed by atoms with Crippen LogP contribution in [0.4, 0.5) is 0 Å². The number of carbonyl (C=O) groups is 1. The van der Waals surface area contributed by atoms with E-state index in [1.54, 1.807) is 21.1 Å². The van der Waals surface area contributed by atoms with E-state index in [0.717, 1.165) is 46.1 Å². The third kappa shape index (κ3) is 2.43. The topological polar surface area (TPSA) is 65.0 Å². The summed E-state index contributed by atoms with van der Waals surface area (Å²) in [4.78, 5) is 12.3. The molecule has 5 nitrogen and oxygen atoms in total. The van der Waals surface area contributed by atoms with Crippen LogP contribution in [0.25, 0.3) is 21.9 Å². The van der Waals surface area contributed by atoms with Crippen molar-refractivity contribution in [2.24, 2.45) is 0 Å². The molecular formula is C23H22O5. The maximum absolute atomic E-state index is 12.3. The van der Waals surface area contributed by atoms with Gasteiger partial charge in [0.15, 0.2) is 0 Å². The van der Waals surface area contributed by atoms with Crippen LogP contribution in [0.15, 0.2) is 30.3 Å². The van der Waals surface area contributed by atoms with Crippen LogP contribution in [0, 0.1) is 6.92 Å². The normalized spacial score (nSPS) is 12.3. The monoisotopic (exact) mass is 378 g/mol. The van der Waals surface area contributed by atoms with Crippen LogP contribution in [-0.4, -0.2) is 32.4 Å². The molecule has 0 aromatic heterocycles. The Morgan fingerprint density at radius 3 is 2.21 bits per heavy atom. The van der Waals surface area contributed by atoms with Crippen LogP contribution in [0.5, 0.6) is 17.2 Å². The molecule has 28 heavy (non-hydrogen) atoms. The summed E-state index contributed by atoms with van der Waals surface area (Å²) in [6.45, 7) is 1.81. The zero-order chi connectivity index (χ0) is 20.0. The lowest BCUT2D eigenvalue weighted by atomic mass is 9.80. The minimum Gasteiger partial charge on any atom is -0.506 e. The molecule has 3 aromatic rings. The molecule has 0 saturated heterocycles. The molecule has 0 unspecified atom stereocenters. The molecule has 144 valence electrons. The Labute approximate surface area is 163 Å². The number of hydrogen-bond donors (Lipinski definition) is 1. The summed E-state index contributed by atoms with van der Waals surface area (Å²) >= 11 is 0. The second-order valence-electron chi connectivity index (χ2n) is 6.91. The molecule has 1 N–H and O–H groups in total. The second-order valence-corrected chi connectivity index (χ2v) is 6.91. The first-order chi connectivity index (χ1) is 13.5. The summed E-state index contributed by atoms with van der Waals surface area (Å²) in [5.74, 6) is 0.814. The molecule has 3 aromatic carbocycles. The number of hydrogen-bond acceptors (Lipinski definition) is 5. The number of benzene rings is 3. The van der Waals surface area contributed by atoms with E-state index in [1.165, 1.54) is 7.11 Å². The number of aryl methyl sites for hydroxylation is 2. The average molecular weight is 378 g/mol. The largest absolute Gasteiger partial charge is 0.506 e. The Morgan fingerprint density at radius 2 is 1.61 bits per heavy atom. The van der Waals surface area contributed by atoms with Crippen molar-refractivity contribution >= 4 is 16.7 Å². The number of ether oxygens (including phenoxy) is 3. The Kier molecular flexibility index (Phi) is 4.38. The van der Waals surface area contributed by atoms with E-state index in [4.69, 9.17) is 14.2 Å². The van der Waals surface area contributed by atoms with Crippen molar-refractivity contribution < 1.29 is 24.1 Å². The maximum atomic E-state index is 12.3. The number of esters is 1. The molecule has 0 radical (unpaired) electrons. The summed E-state index contributed by atoms with van der Waals surface area (Å²) in [5, 5.41) is 13.0. The van der Waals surface area contributed by atoms with Gasteiger partial charge in [-0.05, 0) is 30.9 Å². The highest BCUT2D eigenvalue weighted by Crippen LogP contribution is 2.53. The summed E-state index contributed by atoms with van der Waals surface area (Å²) in [6, 6.07) is 9.82.